The molecule has 10 rings (SSSR count). The van der Waals surface area contributed by atoms with Gasteiger partial charge in [0.2, 0.25) is 0 Å². The number of hydrogen-bond donors (Lipinski definition) is 0. The zero-order valence-corrected chi connectivity index (χ0v) is 33.7. The first-order chi connectivity index (χ1) is 27.4. The second-order valence-corrected chi connectivity index (χ2v) is 19.7. The number of rotatable bonds is 4. The second-order valence-electron chi connectivity index (χ2n) is 15.4. The summed E-state index contributed by atoms with van der Waals surface area (Å²) in [6, 6.07) is 20.5. The molecule has 2 spiro atoms. The van der Waals surface area contributed by atoms with Crippen LogP contribution in [0.15, 0.2) is 83.0 Å². The molecule has 4 aromatic heterocycles. The summed E-state index contributed by atoms with van der Waals surface area (Å²) in [6.07, 6.45) is 24.6. The van der Waals surface area contributed by atoms with E-state index in [0.29, 0.717) is 0 Å². The highest BCUT2D eigenvalue weighted by atomic mass is 32.1. The van der Waals surface area contributed by atoms with Gasteiger partial charge >= 0.3 is 0 Å². The van der Waals surface area contributed by atoms with Gasteiger partial charge in [0.15, 0.2) is 0 Å². The summed E-state index contributed by atoms with van der Waals surface area (Å²) in [5.41, 5.74) is 4.85. The van der Waals surface area contributed by atoms with Crippen LogP contribution in [0.3, 0.4) is 0 Å². The number of nitrogens with zero attached hydrogens (tertiary/aromatic N) is 4. The zero-order chi connectivity index (χ0) is 38.0. The summed E-state index contributed by atoms with van der Waals surface area (Å²) in [5.74, 6) is 2.33. The average Bonchev–Trinajstić information content (AvgIpc) is 4.06. The molecular weight excluding hydrogens is 769 g/mol. The van der Waals surface area contributed by atoms with Crippen LogP contribution in [-0.2, 0) is 0 Å². The smallest absolute Gasteiger partial charge is 0.139 e. The molecule has 4 aromatic rings. The summed E-state index contributed by atoms with van der Waals surface area (Å²) in [5, 5.41) is 37.2. The molecule has 2 fully saturated rings. The van der Waals surface area contributed by atoms with Crippen molar-refractivity contribution in [2.45, 2.75) is 75.4 Å². The van der Waals surface area contributed by atoms with Gasteiger partial charge in [-0.25, -0.2) is 0 Å². The van der Waals surface area contributed by atoms with Crippen LogP contribution in [0, 0.1) is 57.2 Å². The van der Waals surface area contributed by atoms with Gasteiger partial charge in [-0.3, -0.25) is 0 Å². The van der Waals surface area contributed by atoms with E-state index in [1.807, 2.05) is 36.4 Å². The Labute approximate surface area is 342 Å². The second kappa shape index (κ2) is 13.8. The molecule has 0 bridgehead atoms. The minimum atomic E-state index is -0.343. The van der Waals surface area contributed by atoms with Crippen molar-refractivity contribution in [1.82, 2.24) is 0 Å². The van der Waals surface area contributed by atoms with Crippen LogP contribution in [0.1, 0.15) is 83.7 Å². The highest BCUT2D eigenvalue weighted by molar-refractivity contribution is 7.24. The van der Waals surface area contributed by atoms with E-state index >= 15 is 0 Å². The lowest BCUT2D eigenvalue weighted by atomic mass is 9.65. The molecule has 6 nitrogen and oxygen atoms in total. The molecule has 6 heterocycles. The maximum absolute atomic E-state index is 9.30. The number of nitriles is 4. The topological polar surface area (TPSA) is 114 Å². The molecule has 0 amide bonds. The van der Waals surface area contributed by atoms with Crippen molar-refractivity contribution in [3.8, 4) is 55.3 Å². The minimum absolute atomic E-state index is 0.106. The Hall–Kier alpha value is -5.20. The third-order valence-corrected chi connectivity index (χ3v) is 16.8. The molecule has 2 atom stereocenters. The largest absolute Gasteiger partial charge is 0.481 e. The first-order valence-electron chi connectivity index (χ1n) is 19.2. The fraction of sp³-hybridized carbons (Fsp3) is 0.304. The number of thiophene rings is 4. The Morgan fingerprint density at radius 3 is 1.34 bits per heavy atom. The molecule has 274 valence electrons. The maximum atomic E-state index is 9.30. The Kier molecular flexibility index (Phi) is 8.66. The number of ether oxygens (including phenoxy) is 2. The van der Waals surface area contributed by atoms with E-state index < -0.39 is 0 Å². The van der Waals surface area contributed by atoms with E-state index in [0.717, 1.165) is 92.1 Å². The Morgan fingerprint density at radius 1 is 0.536 bits per heavy atom. The minimum Gasteiger partial charge on any atom is -0.481 e. The van der Waals surface area contributed by atoms with Crippen molar-refractivity contribution in [1.29, 1.82) is 21.0 Å². The molecule has 0 N–H and O–H groups in total. The molecule has 2 unspecified atom stereocenters. The maximum Gasteiger partial charge on any atom is 0.139 e. The molecule has 0 saturated heterocycles. The van der Waals surface area contributed by atoms with Gasteiger partial charge < -0.3 is 9.47 Å². The Bertz CT molecular complexity index is 2460. The van der Waals surface area contributed by atoms with Crippen LogP contribution in [0.25, 0.3) is 42.8 Å². The molecule has 2 aliphatic heterocycles. The molecule has 10 heteroatoms. The summed E-state index contributed by atoms with van der Waals surface area (Å²) < 4.78 is 14.4. The third-order valence-electron chi connectivity index (χ3n) is 12.1. The van der Waals surface area contributed by atoms with Gasteiger partial charge in [0.1, 0.15) is 58.1 Å². The Balaban J connectivity index is 1.06. The van der Waals surface area contributed by atoms with E-state index in [-0.39, 0.29) is 34.2 Å². The quantitative estimate of drug-likeness (QED) is 0.190. The Morgan fingerprint density at radius 2 is 0.946 bits per heavy atom. The first kappa shape index (κ1) is 35.2. The van der Waals surface area contributed by atoms with Crippen molar-refractivity contribution in [2.75, 3.05) is 0 Å². The summed E-state index contributed by atoms with van der Waals surface area (Å²) in [7, 11) is 0. The van der Waals surface area contributed by atoms with Crippen LogP contribution in [0.2, 0.25) is 0 Å². The van der Waals surface area contributed by atoms with Crippen LogP contribution in [-0.4, -0.2) is 11.2 Å². The lowest BCUT2D eigenvalue weighted by Crippen LogP contribution is -2.45. The fourth-order valence-electron chi connectivity index (χ4n) is 9.49. The number of hydrogen-bond acceptors (Lipinski definition) is 10. The first-order valence-corrected chi connectivity index (χ1v) is 22.5. The molecule has 0 aromatic carbocycles. The normalized spacial score (nSPS) is 21.8. The van der Waals surface area contributed by atoms with Crippen LogP contribution < -0.4 is 9.47 Å². The zero-order valence-electron chi connectivity index (χ0n) is 30.4. The van der Waals surface area contributed by atoms with E-state index in [1.165, 1.54) is 44.9 Å². The highest BCUT2D eigenvalue weighted by Gasteiger charge is 2.50. The van der Waals surface area contributed by atoms with Gasteiger partial charge in [-0.15, -0.1) is 45.3 Å². The summed E-state index contributed by atoms with van der Waals surface area (Å²) >= 11 is 6.75. The lowest BCUT2D eigenvalue weighted by molar-refractivity contribution is 0.0636. The number of allylic oxidation sites excluding steroid dienone is 6. The van der Waals surface area contributed by atoms with Gasteiger partial charge in [-0.05, 0) is 98.9 Å². The van der Waals surface area contributed by atoms with Crippen LogP contribution in [0.5, 0.6) is 11.5 Å². The SMILES string of the molecule is N#CC(C#N)=Cc1ccc(-c2cc3c(s2)C2=CC4C=C5C(=CC4C=C2C2(CCCCC2)O3)c2sc(-c3ccc(C=C(C#N)C#N)s3)cc2OC52CCCCC2)s1. The van der Waals surface area contributed by atoms with E-state index in [2.05, 4.69) is 48.6 Å². The molecule has 2 saturated carbocycles. The molecule has 4 aliphatic carbocycles. The van der Waals surface area contributed by atoms with Crippen LogP contribution >= 0.6 is 45.3 Å². The predicted octanol–water partition coefficient (Wildman–Crippen LogP) is 12.9. The summed E-state index contributed by atoms with van der Waals surface area (Å²) in [6.45, 7) is 0. The van der Waals surface area contributed by atoms with Crippen molar-refractivity contribution in [2.24, 2.45) is 11.8 Å². The highest BCUT2D eigenvalue weighted by Crippen LogP contribution is 2.61. The van der Waals surface area contributed by atoms with Gasteiger partial charge in [-0.1, -0.05) is 37.1 Å². The summed E-state index contributed by atoms with van der Waals surface area (Å²) in [4.78, 5) is 8.65. The van der Waals surface area contributed by atoms with Crippen molar-refractivity contribution < 1.29 is 9.47 Å². The number of fused-ring (bicyclic) bond motifs is 9. The van der Waals surface area contributed by atoms with Crippen molar-refractivity contribution in [3.05, 3.63) is 103 Å². The van der Waals surface area contributed by atoms with Gasteiger partial charge in [0, 0.05) is 64.4 Å². The van der Waals surface area contributed by atoms with E-state index in [1.54, 1.807) is 57.5 Å². The molecular formula is C46H34N4O2S4. The van der Waals surface area contributed by atoms with Gasteiger partial charge in [0.05, 0.1) is 9.75 Å². The van der Waals surface area contributed by atoms with Gasteiger partial charge in [0.25, 0.3) is 0 Å². The lowest BCUT2D eigenvalue weighted by Gasteiger charge is -2.48. The molecule has 56 heavy (non-hydrogen) atoms. The molecule has 6 aliphatic rings. The van der Waals surface area contributed by atoms with E-state index in [4.69, 9.17) is 9.47 Å². The van der Waals surface area contributed by atoms with Crippen molar-refractivity contribution >= 4 is 68.6 Å². The van der Waals surface area contributed by atoms with Crippen molar-refractivity contribution in [3.63, 3.8) is 0 Å². The third kappa shape index (κ3) is 5.79. The monoisotopic (exact) mass is 802 g/mol. The fourth-order valence-corrected chi connectivity index (χ4v) is 13.8. The predicted molar refractivity (Wildman–Crippen MR) is 226 cm³/mol. The average molecular weight is 803 g/mol. The molecule has 0 radical (unpaired) electrons. The standard InChI is InChI=1S/C46H34N4O2S4/c47-23-27(24-48)15-31-7-9-39(53-31)41-21-37-43(55-41)33-17-30-20-36-34(18-29(30)19-35(33)45(51-37)11-3-1-4-12-45)44-38(52-46(36)13-5-2-6-14-46)22-42(56-44)40-10-8-32(54-40)16-28(25-49)26-50/h7-10,15-22,29-30H,1-6,11-14H2. The van der Waals surface area contributed by atoms with Crippen LogP contribution in [0.4, 0.5) is 0 Å². The van der Waals surface area contributed by atoms with E-state index in [9.17, 15) is 21.0 Å². The van der Waals surface area contributed by atoms with Gasteiger partial charge in [-0.2, -0.15) is 21.0 Å².